The summed E-state index contributed by atoms with van der Waals surface area (Å²) in [6, 6.07) is 11.2. The fourth-order valence-electron chi connectivity index (χ4n) is 4.84. The highest BCUT2D eigenvalue weighted by Crippen LogP contribution is 2.41. The molecule has 2 aliphatic rings. The zero-order chi connectivity index (χ0) is 18.8. The minimum Gasteiger partial charge on any atom is -0.368 e. The number of benzene rings is 1. The molecule has 0 saturated carbocycles. The van der Waals surface area contributed by atoms with Gasteiger partial charge in [0.25, 0.3) is 0 Å². The van der Waals surface area contributed by atoms with Crippen LogP contribution in [0.15, 0.2) is 30.3 Å². The van der Waals surface area contributed by atoms with Crippen molar-refractivity contribution in [3.05, 3.63) is 47.2 Å². The molecule has 0 spiro atoms. The van der Waals surface area contributed by atoms with Crippen molar-refractivity contribution in [3.8, 4) is 0 Å². The van der Waals surface area contributed by atoms with Crippen LogP contribution in [-0.4, -0.2) is 35.6 Å². The van der Waals surface area contributed by atoms with Crippen LogP contribution >= 0.6 is 0 Å². The number of anilines is 2. The average molecular weight is 366 g/mol. The molecule has 1 aromatic carbocycles. The van der Waals surface area contributed by atoms with Crippen molar-refractivity contribution in [1.29, 1.82) is 0 Å². The van der Waals surface area contributed by atoms with Gasteiger partial charge in [-0.2, -0.15) is 4.98 Å². The molecule has 3 atom stereocenters. The molecule has 4 rings (SSSR count). The quantitative estimate of drug-likeness (QED) is 0.850. The Bertz CT molecular complexity index is 776. The normalized spacial score (nSPS) is 24.8. The summed E-state index contributed by atoms with van der Waals surface area (Å²) in [5, 5.41) is 3.50. The molecule has 0 bridgehead atoms. The number of nitrogen functional groups attached to an aromatic ring is 1. The molecule has 1 aliphatic carbocycles. The molecule has 27 heavy (non-hydrogen) atoms. The Morgan fingerprint density at radius 1 is 1.22 bits per heavy atom. The van der Waals surface area contributed by atoms with Crippen molar-refractivity contribution >= 4 is 11.8 Å². The SMILES string of the molecule is CCNCC1C[C@@H](C)N(c2nc(N)nc3c2CCCC3c2ccccc2)C1. The average Bonchev–Trinajstić information content (AvgIpc) is 3.06. The van der Waals surface area contributed by atoms with Gasteiger partial charge in [-0.25, -0.2) is 4.98 Å². The minimum atomic E-state index is 0.328. The van der Waals surface area contributed by atoms with Gasteiger partial charge in [0.15, 0.2) is 0 Å². The molecule has 5 heteroatoms. The summed E-state index contributed by atoms with van der Waals surface area (Å²) in [5.41, 5.74) is 9.99. The van der Waals surface area contributed by atoms with E-state index in [9.17, 15) is 0 Å². The third-order valence-electron chi connectivity index (χ3n) is 6.10. The van der Waals surface area contributed by atoms with Crippen molar-refractivity contribution < 1.29 is 0 Å². The first-order valence-corrected chi connectivity index (χ1v) is 10.4. The van der Waals surface area contributed by atoms with Crippen LogP contribution in [0.4, 0.5) is 11.8 Å². The van der Waals surface area contributed by atoms with Crippen molar-refractivity contribution in [2.45, 2.75) is 51.5 Å². The monoisotopic (exact) mass is 365 g/mol. The van der Waals surface area contributed by atoms with Gasteiger partial charge in [-0.3, -0.25) is 0 Å². The number of nitrogens with one attached hydrogen (secondary N) is 1. The van der Waals surface area contributed by atoms with Gasteiger partial charge in [0.05, 0.1) is 5.69 Å². The first-order chi connectivity index (χ1) is 13.2. The van der Waals surface area contributed by atoms with Crippen LogP contribution in [-0.2, 0) is 6.42 Å². The Kier molecular flexibility index (Phi) is 5.30. The lowest BCUT2D eigenvalue weighted by Crippen LogP contribution is -2.32. The first kappa shape index (κ1) is 18.2. The minimum absolute atomic E-state index is 0.328. The van der Waals surface area contributed by atoms with E-state index in [1.54, 1.807) is 0 Å². The Hall–Kier alpha value is -2.14. The van der Waals surface area contributed by atoms with Crippen molar-refractivity contribution in [3.63, 3.8) is 0 Å². The zero-order valence-corrected chi connectivity index (χ0v) is 16.5. The van der Waals surface area contributed by atoms with E-state index in [2.05, 4.69) is 54.4 Å². The third kappa shape index (κ3) is 3.65. The van der Waals surface area contributed by atoms with Crippen LogP contribution in [0.3, 0.4) is 0 Å². The molecule has 0 radical (unpaired) electrons. The zero-order valence-electron chi connectivity index (χ0n) is 16.5. The summed E-state index contributed by atoms with van der Waals surface area (Å²) >= 11 is 0. The summed E-state index contributed by atoms with van der Waals surface area (Å²) in [6.45, 7) is 7.63. The Morgan fingerprint density at radius 2 is 2.04 bits per heavy atom. The summed E-state index contributed by atoms with van der Waals surface area (Å²) < 4.78 is 0. The van der Waals surface area contributed by atoms with Crippen LogP contribution < -0.4 is 16.0 Å². The van der Waals surface area contributed by atoms with E-state index in [1.807, 2.05) is 0 Å². The number of nitrogens with two attached hydrogens (primary N) is 1. The fraction of sp³-hybridized carbons (Fsp3) is 0.545. The first-order valence-electron chi connectivity index (χ1n) is 10.4. The molecule has 2 aromatic rings. The lowest BCUT2D eigenvalue weighted by Gasteiger charge is -2.31. The summed E-state index contributed by atoms with van der Waals surface area (Å²) in [5.74, 6) is 2.49. The Balaban J connectivity index is 1.68. The smallest absolute Gasteiger partial charge is 0.222 e. The number of aromatic nitrogens is 2. The van der Waals surface area contributed by atoms with Gasteiger partial charge in [-0.1, -0.05) is 37.3 Å². The molecule has 1 aromatic heterocycles. The predicted molar refractivity (Wildman–Crippen MR) is 111 cm³/mol. The van der Waals surface area contributed by atoms with E-state index >= 15 is 0 Å². The molecular weight excluding hydrogens is 334 g/mol. The van der Waals surface area contributed by atoms with E-state index in [-0.39, 0.29) is 0 Å². The molecule has 1 fully saturated rings. The maximum absolute atomic E-state index is 6.19. The molecule has 2 unspecified atom stereocenters. The summed E-state index contributed by atoms with van der Waals surface area (Å²) in [7, 11) is 0. The molecule has 0 amide bonds. The van der Waals surface area contributed by atoms with E-state index in [0.717, 1.165) is 44.0 Å². The molecule has 5 nitrogen and oxygen atoms in total. The van der Waals surface area contributed by atoms with Crippen LogP contribution in [0.2, 0.25) is 0 Å². The van der Waals surface area contributed by atoms with Crippen LogP contribution in [0, 0.1) is 5.92 Å². The van der Waals surface area contributed by atoms with E-state index in [1.165, 1.54) is 24.0 Å². The summed E-state index contributed by atoms with van der Waals surface area (Å²) in [6.07, 6.45) is 4.56. The number of nitrogens with zero attached hydrogens (tertiary/aromatic N) is 3. The van der Waals surface area contributed by atoms with E-state index < -0.39 is 0 Å². The number of rotatable bonds is 5. The molecule has 1 aliphatic heterocycles. The van der Waals surface area contributed by atoms with Gasteiger partial charge in [-0.15, -0.1) is 0 Å². The van der Waals surface area contributed by atoms with Crippen molar-refractivity contribution in [2.75, 3.05) is 30.3 Å². The highest BCUT2D eigenvalue weighted by Gasteiger charge is 2.34. The third-order valence-corrected chi connectivity index (χ3v) is 6.10. The van der Waals surface area contributed by atoms with E-state index in [0.29, 0.717) is 23.8 Å². The van der Waals surface area contributed by atoms with Crippen molar-refractivity contribution in [2.24, 2.45) is 5.92 Å². The van der Waals surface area contributed by atoms with Gasteiger partial charge in [0, 0.05) is 24.1 Å². The second-order valence-corrected chi connectivity index (χ2v) is 8.04. The molecular formula is C22H31N5. The summed E-state index contributed by atoms with van der Waals surface area (Å²) in [4.78, 5) is 11.9. The van der Waals surface area contributed by atoms with Gasteiger partial charge in [-0.05, 0) is 57.2 Å². The second-order valence-electron chi connectivity index (χ2n) is 8.04. The molecule has 2 heterocycles. The lowest BCUT2D eigenvalue weighted by molar-refractivity contribution is 0.515. The molecule has 3 N–H and O–H groups in total. The van der Waals surface area contributed by atoms with Crippen molar-refractivity contribution in [1.82, 2.24) is 15.3 Å². The number of hydrogen-bond donors (Lipinski definition) is 2. The molecule has 1 saturated heterocycles. The standard InChI is InChI=1S/C22H31N5/c1-3-24-13-16-12-15(2)27(14-16)21-19-11-7-10-18(17-8-5-4-6-9-17)20(19)25-22(23)26-21/h4-6,8-9,15-16,18,24H,3,7,10-14H2,1-2H3,(H2,23,25,26)/t15-,16?,18?/m1/s1. The Morgan fingerprint density at radius 3 is 2.81 bits per heavy atom. The van der Waals surface area contributed by atoms with E-state index in [4.69, 9.17) is 15.7 Å². The predicted octanol–water partition coefficient (Wildman–Crippen LogP) is 3.35. The second kappa shape index (κ2) is 7.85. The maximum Gasteiger partial charge on any atom is 0.222 e. The van der Waals surface area contributed by atoms with Crippen LogP contribution in [0.1, 0.15) is 55.8 Å². The number of hydrogen-bond acceptors (Lipinski definition) is 5. The lowest BCUT2D eigenvalue weighted by atomic mass is 9.82. The van der Waals surface area contributed by atoms with Gasteiger partial charge < -0.3 is 16.0 Å². The van der Waals surface area contributed by atoms with Gasteiger partial charge >= 0.3 is 0 Å². The van der Waals surface area contributed by atoms with Gasteiger partial charge in [0.2, 0.25) is 5.95 Å². The number of fused-ring (bicyclic) bond motifs is 1. The fourth-order valence-corrected chi connectivity index (χ4v) is 4.84. The highest BCUT2D eigenvalue weighted by molar-refractivity contribution is 5.56. The topological polar surface area (TPSA) is 67.1 Å². The maximum atomic E-state index is 6.19. The van der Waals surface area contributed by atoms with Crippen LogP contribution in [0.5, 0.6) is 0 Å². The van der Waals surface area contributed by atoms with Crippen LogP contribution in [0.25, 0.3) is 0 Å². The highest BCUT2D eigenvalue weighted by atomic mass is 15.3. The van der Waals surface area contributed by atoms with Gasteiger partial charge in [0.1, 0.15) is 5.82 Å². The largest absolute Gasteiger partial charge is 0.368 e. The molecule has 144 valence electrons. The Labute approximate surface area is 162 Å².